The molecule has 5 heteroatoms. The lowest BCUT2D eigenvalue weighted by Crippen LogP contribution is -2.38. The highest BCUT2D eigenvalue weighted by Gasteiger charge is 2.22. The third-order valence-electron chi connectivity index (χ3n) is 3.04. The van der Waals surface area contributed by atoms with Crippen LogP contribution >= 0.6 is 0 Å². The van der Waals surface area contributed by atoms with E-state index in [-0.39, 0.29) is 11.9 Å². The number of nitrogens with one attached hydrogen (secondary N) is 2. The molecule has 0 spiro atoms. The minimum Gasteiger partial charge on any atom is -0.366 e. The van der Waals surface area contributed by atoms with Crippen molar-refractivity contribution in [2.45, 2.75) is 51.5 Å². The van der Waals surface area contributed by atoms with Gasteiger partial charge in [0.25, 0.3) is 0 Å². The summed E-state index contributed by atoms with van der Waals surface area (Å²) in [4.78, 5) is 22.4. The van der Waals surface area contributed by atoms with Gasteiger partial charge >= 0.3 is 0 Å². The van der Waals surface area contributed by atoms with Crippen molar-refractivity contribution < 1.29 is 9.59 Å². The van der Waals surface area contributed by atoms with E-state index in [1.165, 1.54) is 6.08 Å². The van der Waals surface area contributed by atoms with Crippen LogP contribution in [0.25, 0.3) is 0 Å². The maximum Gasteiger partial charge on any atom is 0.241 e. The first-order chi connectivity index (χ1) is 8.52. The first-order valence-electron chi connectivity index (χ1n) is 6.40. The summed E-state index contributed by atoms with van der Waals surface area (Å²) < 4.78 is 0. The molecule has 4 N–H and O–H groups in total. The van der Waals surface area contributed by atoms with Crippen LogP contribution in [-0.4, -0.2) is 23.6 Å². The molecule has 0 aliphatic heterocycles. The zero-order chi connectivity index (χ0) is 13.5. The molecule has 1 atom stereocenters. The van der Waals surface area contributed by atoms with Crippen LogP contribution in [0.5, 0.6) is 0 Å². The van der Waals surface area contributed by atoms with Crippen molar-refractivity contribution in [3.8, 4) is 0 Å². The number of hydrogen-bond donors (Lipinski definition) is 3. The molecule has 0 aromatic heterocycles. The fourth-order valence-electron chi connectivity index (χ4n) is 2.05. The van der Waals surface area contributed by atoms with Crippen LogP contribution in [0.1, 0.15) is 45.4 Å². The van der Waals surface area contributed by atoms with Crippen molar-refractivity contribution in [1.29, 1.82) is 5.41 Å². The molecule has 0 saturated heterocycles. The van der Waals surface area contributed by atoms with E-state index in [0.29, 0.717) is 30.5 Å². The lowest BCUT2D eigenvalue weighted by Gasteiger charge is -2.25. The number of carbonyl (C=O) groups excluding carboxylic acids is 2. The molecule has 1 aliphatic carbocycles. The Kier molecular flexibility index (Phi) is 5.55. The van der Waals surface area contributed by atoms with Gasteiger partial charge in [0.05, 0.1) is 0 Å². The summed E-state index contributed by atoms with van der Waals surface area (Å²) >= 11 is 0. The maximum atomic E-state index is 11.6. The van der Waals surface area contributed by atoms with E-state index in [1.807, 2.05) is 6.92 Å². The van der Waals surface area contributed by atoms with Crippen LogP contribution in [0.4, 0.5) is 0 Å². The second kappa shape index (κ2) is 6.93. The van der Waals surface area contributed by atoms with E-state index in [2.05, 4.69) is 5.32 Å². The lowest BCUT2D eigenvalue weighted by atomic mass is 9.88. The van der Waals surface area contributed by atoms with Gasteiger partial charge in [0.1, 0.15) is 0 Å². The zero-order valence-electron chi connectivity index (χ0n) is 10.8. The van der Waals surface area contributed by atoms with Crippen LogP contribution in [-0.2, 0) is 9.59 Å². The molecular formula is C13H21N3O2. The Morgan fingerprint density at radius 3 is 2.89 bits per heavy atom. The summed E-state index contributed by atoms with van der Waals surface area (Å²) in [5.41, 5.74) is 6.20. The van der Waals surface area contributed by atoms with Crippen LogP contribution in [0, 0.1) is 5.41 Å². The summed E-state index contributed by atoms with van der Waals surface area (Å²) in [6.07, 6.45) is 5.59. The van der Waals surface area contributed by atoms with Crippen molar-refractivity contribution >= 4 is 17.5 Å². The summed E-state index contributed by atoms with van der Waals surface area (Å²) in [5, 5.41) is 10.7. The Labute approximate surface area is 107 Å². The molecule has 0 heterocycles. The highest BCUT2D eigenvalue weighted by Crippen LogP contribution is 2.20. The monoisotopic (exact) mass is 251 g/mol. The number of hydrogen-bond acceptors (Lipinski definition) is 3. The van der Waals surface area contributed by atoms with Gasteiger partial charge in [0, 0.05) is 24.3 Å². The van der Waals surface area contributed by atoms with E-state index in [0.717, 1.165) is 19.3 Å². The maximum absolute atomic E-state index is 11.6. The van der Waals surface area contributed by atoms with E-state index >= 15 is 0 Å². The smallest absolute Gasteiger partial charge is 0.241 e. The van der Waals surface area contributed by atoms with Crippen LogP contribution in [0.15, 0.2) is 11.6 Å². The minimum atomic E-state index is -0.535. The quantitative estimate of drug-likeness (QED) is 0.642. The van der Waals surface area contributed by atoms with Gasteiger partial charge in [-0.25, -0.2) is 0 Å². The normalized spacial score (nSPS) is 21.9. The molecule has 1 unspecified atom stereocenters. The average Bonchev–Trinajstić information content (AvgIpc) is 2.30. The SMILES string of the molecule is CCCCC(=O)NC1CCC(=N)/C(=C\C(N)=O)C1. The Balaban J connectivity index is 2.52. The number of primary amides is 1. The van der Waals surface area contributed by atoms with Gasteiger partial charge in [-0.15, -0.1) is 0 Å². The lowest BCUT2D eigenvalue weighted by molar-refractivity contribution is -0.122. The molecule has 0 radical (unpaired) electrons. The molecule has 100 valence electrons. The summed E-state index contributed by atoms with van der Waals surface area (Å²) in [6, 6.07) is 0.0223. The molecule has 1 saturated carbocycles. The molecule has 0 bridgehead atoms. The molecule has 5 nitrogen and oxygen atoms in total. The third-order valence-corrected chi connectivity index (χ3v) is 3.04. The number of unbranched alkanes of at least 4 members (excludes halogenated alkanes) is 1. The Morgan fingerprint density at radius 2 is 2.28 bits per heavy atom. The Bertz CT molecular complexity index is 374. The fraction of sp³-hybridized carbons (Fsp3) is 0.615. The third kappa shape index (κ3) is 4.69. The summed E-state index contributed by atoms with van der Waals surface area (Å²) in [7, 11) is 0. The first-order valence-corrected chi connectivity index (χ1v) is 6.40. The summed E-state index contributed by atoms with van der Waals surface area (Å²) in [5.74, 6) is -0.485. The standard InChI is InChI=1S/C13H21N3O2/c1-2-3-4-13(18)16-10-5-6-11(14)9(7-10)8-12(15)17/h8,10,14H,2-7H2,1H3,(H2,15,17)(H,16,18)/b9-8-,14-11?. The molecule has 2 amide bonds. The molecule has 1 fully saturated rings. The summed E-state index contributed by atoms with van der Waals surface area (Å²) in [6.45, 7) is 2.04. The number of rotatable bonds is 5. The van der Waals surface area contributed by atoms with Crippen molar-refractivity contribution in [2.24, 2.45) is 5.73 Å². The second-order valence-corrected chi connectivity index (χ2v) is 4.66. The van der Waals surface area contributed by atoms with E-state index in [4.69, 9.17) is 11.1 Å². The topological polar surface area (TPSA) is 96.0 Å². The van der Waals surface area contributed by atoms with Gasteiger partial charge in [-0.05, 0) is 31.3 Å². The molecular weight excluding hydrogens is 230 g/mol. The van der Waals surface area contributed by atoms with Gasteiger partial charge in [-0.3, -0.25) is 9.59 Å². The van der Waals surface area contributed by atoms with Crippen molar-refractivity contribution in [3.63, 3.8) is 0 Å². The highest BCUT2D eigenvalue weighted by atomic mass is 16.1. The molecule has 1 rings (SSSR count). The van der Waals surface area contributed by atoms with Crippen molar-refractivity contribution in [1.82, 2.24) is 5.32 Å². The average molecular weight is 251 g/mol. The van der Waals surface area contributed by atoms with Crippen molar-refractivity contribution in [2.75, 3.05) is 0 Å². The highest BCUT2D eigenvalue weighted by molar-refractivity contribution is 6.04. The zero-order valence-corrected chi connectivity index (χ0v) is 10.8. The number of nitrogens with two attached hydrogens (primary N) is 1. The largest absolute Gasteiger partial charge is 0.366 e. The van der Waals surface area contributed by atoms with Gasteiger partial charge in [-0.2, -0.15) is 0 Å². The van der Waals surface area contributed by atoms with Crippen LogP contribution in [0.2, 0.25) is 0 Å². The van der Waals surface area contributed by atoms with Crippen molar-refractivity contribution in [3.05, 3.63) is 11.6 Å². The van der Waals surface area contributed by atoms with E-state index < -0.39 is 5.91 Å². The molecule has 18 heavy (non-hydrogen) atoms. The van der Waals surface area contributed by atoms with Gasteiger partial charge in [-0.1, -0.05) is 13.3 Å². The predicted molar refractivity (Wildman–Crippen MR) is 70.3 cm³/mol. The molecule has 0 aromatic carbocycles. The van der Waals surface area contributed by atoms with Crippen LogP contribution in [0.3, 0.4) is 0 Å². The Hall–Kier alpha value is -1.65. The Morgan fingerprint density at radius 1 is 1.56 bits per heavy atom. The second-order valence-electron chi connectivity index (χ2n) is 4.66. The number of carbonyl (C=O) groups is 2. The predicted octanol–water partition coefficient (Wildman–Crippen LogP) is 1.28. The van der Waals surface area contributed by atoms with E-state index in [9.17, 15) is 9.59 Å². The number of amides is 2. The minimum absolute atomic E-state index is 0.0223. The van der Waals surface area contributed by atoms with Gasteiger partial charge in [0.2, 0.25) is 11.8 Å². The van der Waals surface area contributed by atoms with Gasteiger partial charge in [0.15, 0.2) is 0 Å². The molecule has 1 aliphatic rings. The van der Waals surface area contributed by atoms with E-state index in [1.54, 1.807) is 0 Å². The fourth-order valence-corrected chi connectivity index (χ4v) is 2.05. The van der Waals surface area contributed by atoms with Crippen LogP contribution < -0.4 is 11.1 Å². The molecule has 0 aromatic rings. The first kappa shape index (κ1) is 14.4. The van der Waals surface area contributed by atoms with Gasteiger partial charge < -0.3 is 16.5 Å².